The molecule has 0 aliphatic heterocycles. The molecule has 0 heterocycles. The predicted molar refractivity (Wildman–Crippen MR) is 71.7 cm³/mol. The van der Waals surface area contributed by atoms with Crippen molar-refractivity contribution >= 4 is 15.7 Å². The van der Waals surface area contributed by atoms with Gasteiger partial charge < -0.3 is 9.84 Å². The van der Waals surface area contributed by atoms with Gasteiger partial charge in [-0.15, -0.1) is 0 Å². The Kier molecular flexibility index (Phi) is 4.56. The molecule has 2 aromatic rings. The van der Waals surface area contributed by atoms with Crippen molar-refractivity contribution in [2.45, 2.75) is 4.90 Å². The van der Waals surface area contributed by atoms with Crippen LogP contribution in [0.1, 0.15) is 0 Å². The number of phenolic OH excluding ortho intramolecular Hbond substituents is 1. The van der Waals surface area contributed by atoms with Gasteiger partial charge >= 0.3 is 0 Å². The summed E-state index contributed by atoms with van der Waals surface area (Å²) in [5, 5.41) is 9.50. The van der Waals surface area contributed by atoms with Gasteiger partial charge in [-0.25, -0.2) is 17.6 Å². The highest BCUT2D eigenvalue weighted by Gasteiger charge is 2.33. The van der Waals surface area contributed by atoms with Crippen LogP contribution in [0.2, 0.25) is 0 Å². The molecule has 0 radical (unpaired) electrons. The number of phenols is 1. The number of halogens is 5. The van der Waals surface area contributed by atoms with E-state index in [2.05, 4.69) is 4.74 Å². The van der Waals surface area contributed by atoms with Crippen molar-refractivity contribution in [3.63, 3.8) is 0 Å². The minimum atomic E-state index is -5.43. The van der Waals surface area contributed by atoms with Crippen molar-refractivity contribution in [2.75, 3.05) is 11.6 Å². The molecule has 24 heavy (non-hydrogen) atoms. The summed E-state index contributed by atoms with van der Waals surface area (Å²) in [6.07, 6.45) is 0. The van der Waals surface area contributed by atoms with Crippen molar-refractivity contribution in [1.82, 2.24) is 0 Å². The van der Waals surface area contributed by atoms with Gasteiger partial charge in [0.25, 0.3) is 10.0 Å². The van der Waals surface area contributed by atoms with Gasteiger partial charge in [-0.2, -0.15) is 8.42 Å². The smallest absolute Gasteiger partial charge is 0.293 e. The van der Waals surface area contributed by atoms with Gasteiger partial charge in [0.15, 0.2) is 34.8 Å². The Labute approximate surface area is 132 Å². The molecule has 0 aliphatic rings. The zero-order valence-electron chi connectivity index (χ0n) is 11.7. The minimum absolute atomic E-state index is 0.116. The van der Waals surface area contributed by atoms with Crippen LogP contribution in [-0.4, -0.2) is 20.6 Å². The van der Waals surface area contributed by atoms with E-state index in [1.807, 2.05) is 0 Å². The summed E-state index contributed by atoms with van der Waals surface area (Å²) in [7, 11) is -4.25. The average Bonchev–Trinajstić information content (AvgIpc) is 2.55. The lowest BCUT2D eigenvalue weighted by molar-refractivity contribution is 0.373. The summed E-state index contributed by atoms with van der Waals surface area (Å²) in [5.41, 5.74) is -0.808. The van der Waals surface area contributed by atoms with Gasteiger partial charge in [-0.3, -0.25) is 0 Å². The van der Waals surface area contributed by atoms with Gasteiger partial charge in [-0.05, 0) is 12.1 Å². The molecular weight excluding hydrogens is 361 g/mol. The Hall–Kier alpha value is -2.56. The highest BCUT2D eigenvalue weighted by molar-refractivity contribution is 7.92. The predicted octanol–water partition coefficient (Wildman–Crippen LogP) is 3.04. The Morgan fingerprint density at radius 2 is 1.67 bits per heavy atom. The first-order chi connectivity index (χ1) is 11.1. The van der Waals surface area contributed by atoms with Gasteiger partial charge in [0, 0.05) is 12.1 Å². The number of aromatic hydroxyl groups is 1. The zero-order chi connectivity index (χ0) is 18.2. The number of anilines is 1. The first kappa shape index (κ1) is 17.8. The normalized spacial score (nSPS) is 11.4. The van der Waals surface area contributed by atoms with Gasteiger partial charge in [-0.1, -0.05) is 9.01 Å². The molecule has 2 aromatic carbocycles. The molecule has 130 valence electrons. The maximum absolute atomic E-state index is 14.1. The van der Waals surface area contributed by atoms with Crippen LogP contribution in [0, 0.1) is 23.3 Å². The van der Waals surface area contributed by atoms with Gasteiger partial charge in [0.1, 0.15) is 4.90 Å². The zero-order valence-corrected chi connectivity index (χ0v) is 12.5. The Morgan fingerprint density at radius 1 is 1.04 bits per heavy atom. The highest BCUT2D eigenvalue weighted by Crippen LogP contribution is 2.34. The van der Waals surface area contributed by atoms with Crippen LogP contribution in [0.5, 0.6) is 11.5 Å². The molecule has 0 atom stereocenters. The molecule has 11 heteroatoms. The summed E-state index contributed by atoms with van der Waals surface area (Å²) in [5.74, 6) is -9.70. The fourth-order valence-corrected chi connectivity index (χ4v) is 2.88. The lowest BCUT2D eigenvalue weighted by atomic mass is 10.3. The van der Waals surface area contributed by atoms with E-state index >= 15 is 0 Å². The van der Waals surface area contributed by atoms with E-state index < -0.39 is 54.2 Å². The maximum atomic E-state index is 14.1. The summed E-state index contributed by atoms with van der Waals surface area (Å²) >= 11 is 0. The molecule has 2 rings (SSSR count). The fourth-order valence-electron chi connectivity index (χ4n) is 1.75. The molecule has 0 aliphatic carbocycles. The van der Waals surface area contributed by atoms with Gasteiger partial charge in [0.05, 0.1) is 12.8 Å². The largest absolute Gasteiger partial charge is 0.504 e. The van der Waals surface area contributed by atoms with E-state index in [9.17, 15) is 35.6 Å². The van der Waals surface area contributed by atoms with Crippen LogP contribution in [0.4, 0.5) is 27.7 Å². The topological polar surface area (TPSA) is 66.8 Å². The first-order valence-corrected chi connectivity index (χ1v) is 7.46. The van der Waals surface area contributed by atoms with Crippen LogP contribution in [0.3, 0.4) is 0 Å². The van der Waals surface area contributed by atoms with Crippen molar-refractivity contribution in [1.29, 1.82) is 0 Å². The number of sulfonamides is 1. The van der Waals surface area contributed by atoms with E-state index in [-0.39, 0.29) is 11.8 Å². The van der Waals surface area contributed by atoms with E-state index in [4.69, 9.17) is 0 Å². The highest BCUT2D eigenvalue weighted by atomic mass is 32.2. The summed E-state index contributed by atoms with van der Waals surface area (Å²) in [6.45, 7) is 0. The Morgan fingerprint density at radius 3 is 2.21 bits per heavy atom. The van der Waals surface area contributed by atoms with Crippen molar-refractivity contribution < 1.29 is 40.3 Å². The number of hydrogen-bond donors (Lipinski definition) is 1. The summed E-state index contributed by atoms with van der Waals surface area (Å²) < 4.78 is 94.5. The third-order valence-electron chi connectivity index (χ3n) is 2.92. The van der Waals surface area contributed by atoms with Crippen molar-refractivity contribution in [3.05, 3.63) is 47.5 Å². The van der Waals surface area contributed by atoms with Gasteiger partial charge in [0.2, 0.25) is 0 Å². The van der Waals surface area contributed by atoms with E-state index in [0.29, 0.717) is 6.07 Å². The van der Waals surface area contributed by atoms with Crippen molar-refractivity contribution in [3.8, 4) is 11.5 Å². The lowest BCUT2D eigenvalue weighted by Gasteiger charge is -2.16. The Bertz CT molecular complexity index is 904. The van der Waals surface area contributed by atoms with E-state index in [0.717, 1.165) is 12.1 Å². The second-order valence-corrected chi connectivity index (χ2v) is 6.09. The average molecular weight is 369 g/mol. The molecule has 5 nitrogen and oxygen atoms in total. The van der Waals surface area contributed by atoms with E-state index in [1.165, 1.54) is 7.11 Å². The number of hydrogen-bond acceptors (Lipinski definition) is 4. The number of ether oxygens (including phenoxy) is 1. The number of methoxy groups -OCH3 is 1. The third kappa shape index (κ3) is 2.82. The maximum Gasteiger partial charge on any atom is 0.293 e. The summed E-state index contributed by atoms with van der Waals surface area (Å²) in [6, 6.07) is 2.25. The molecule has 0 unspecified atom stereocenters. The van der Waals surface area contributed by atoms with Crippen LogP contribution in [0.15, 0.2) is 29.2 Å². The molecule has 0 fully saturated rings. The second kappa shape index (κ2) is 6.15. The molecule has 0 bridgehead atoms. The fraction of sp³-hybridized carbons (Fsp3) is 0.0769. The molecule has 1 N–H and O–H groups in total. The SMILES string of the molecule is COc1ccc(N(F)S(=O)(=O)c2cc(F)c(F)c(F)c2F)cc1O. The Balaban J connectivity index is 2.57. The van der Waals surface area contributed by atoms with Crippen LogP contribution >= 0.6 is 0 Å². The lowest BCUT2D eigenvalue weighted by Crippen LogP contribution is -2.24. The second-order valence-electron chi connectivity index (χ2n) is 4.37. The molecule has 0 amide bonds. The van der Waals surface area contributed by atoms with E-state index in [1.54, 1.807) is 0 Å². The minimum Gasteiger partial charge on any atom is -0.504 e. The molecule has 0 aromatic heterocycles. The monoisotopic (exact) mass is 369 g/mol. The third-order valence-corrected chi connectivity index (χ3v) is 4.41. The number of benzene rings is 2. The molecule has 0 saturated heterocycles. The quantitative estimate of drug-likeness (QED) is 0.389. The molecule has 0 saturated carbocycles. The molecule has 0 spiro atoms. The summed E-state index contributed by atoms with van der Waals surface area (Å²) in [4.78, 5) is -1.75. The molecular formula is C13H8F5NO4S. The van der Waals surface area contributed by atoms with Crippen LogP contribution < -0.4 is 9.26 Å². The van der Waals surface area contributed by atoms with Crippen molar-refractivity contribution in [2.24, 2.45) is 0 Å². The van der Waals surface area contributed by atoms with Crippen LogP contribution in [0.25, 0.3) is 0 Å². The first-order valence-electron chi connectivity index (χ1n) is 6.02. The number of nitrogens with zero attached hydrogens (tertiary/aromatic N) is 1. The number of rotatable bonds is 4. The van der Waals surface area contributed by atoms with Crippen LogP contribution in [-0.2, 0) is 10.0 Å². The standard InChI is InChI=1S/C13H8F5NO4S/c1-23-9-3-2-6(4-8(9)20)19(18)24(21,22)10-5-7(14)11(15)13(17)12(10)16/h2-5,20H,1H3.